The van der Waals surface area contributed by atoms with Gasteiger partial charge in [0.1, 0.15) is 17.7 Å². The van der Waals surface area contributed by atoms with Crippen molar-refractivity contribution in [3.05, 3.63) is 77.2 Å². The third-order valence-corrected chi connectivity index (χ3v) is 5.91. The first kappa shape index (κ1) is 22.2. The van der Waals surface area contributed by atoms with E-state index in [1.54, 1.807) is 17.4 Å². The Bertz CT molecular complexity index is 1100. The summed E-state index contributed by atoms with van der Waals surface area (Å²) in [5.41, 5.74) is 3.27. The van der Waals surface area contributed by atoms with E-state index in [1.165, 1.54) is 0 Å². The highest BCUT2D eigenvalue weighted by atomic mass is 32.1. The summed E-state index contributed by atoms with van der Waals surface area (Å²) in [5.74, 6) is 0. The molecule has 4 nitrogen and oxygen atoms in total. The number of anilines is 4. The van der Waals surface area contributed by atoms with Crippen LogP contribution in [0.15, 0.2) is 72.3 Å². The van der Waals surface area contributed by atoms with E-state index in [1.807, 2.05) is 48.5 Å². The van der Waals surface area contributed by atoms with Gasteiger partial charge < -0.3 is 9.80 Å². The van der Waals surface area contributed by atoms with Crippen molar-refractivity contribution in [1.82, 2.24) is 0 Å². The first-order chi connectivity index (χ1) is 15.0. The molecule has 0 amide bonds. The van der Waals surface area contributed by atoms with Gasteiger partial charge in [0, 0.05) is 23.5 Å². The molecule has 0 N–H and O–H groups in total. The van der Waals surface area contributed by atoms with Crippen molar-refractivity contribution in [3.8, 4) is 12.1 Å². The Balaban J connectivity index is 2.22. The molecule has 3 rings (SSSR count). The van der Waals surface area contributed by atoms with Crippen LogP contribution >= 0.6 is 11.3 Å². The summed E-state index contributed by atoms with van der Waals surface area (Å²) >= 11 is 1.60. The molecule has 0 fully saturated rings. The number of hydrogen-bond donors (Lipinski definition) is 0. The molecule has 1 aromatic heterocycles. The molecular weight excluding hydrogens is 400 g/mol. The van der Waals surface area contributed by atoms with Crippen LogP contribution in [0.3, 0.4) is 0 Å². The Hall–Kier alpha value is -3.54. The van der Waals surface area contributed by atoms with E-state index in [2.05, 4.69) is 67.8 Å². The Kier molecular flexibility index (Phi) is 7.13. The van der Waals surface area contributed by atoms with E-state index in [0.29, 0.717) is 0 Å². The Morgan fingerprint density at radius 1 is 0.806 bits per heavy atom. The van der Waals surface area contributed by atoms with Crippen molar-refractivity contribution in [2.24, 2.45) is 0 Å². The van der Waals surface area contributed by atoms with Crippen LogP contribution in [-0.2, 0) is 0 Å². The number of hydrogen-bond acceptors (Lipinski definition) is 5. The highest BCUT2D eigenvalue weighted by molar-refractivity contribution is 7.17. The number of para-hydroxylation sites is 2. The van der Waals surface area contributed by atoms with Crippen LogP contribution in [0, 0.1) is 22.7 Å². The van der Waals surface area contributed by atoms with Gasteiger partial charge in [-0.1, -0.05) is 36.4 Å². The number of nitrogens with zero attached hydrogens (tertiary/aromatic N) is 4. The van der Waals surface area contributed by atoms with Gasteiger partial charge in [-0.2, -0.15) is 10.5 Å². The summed E-state index contributed by atoms with van der Waals surface area (Å²) in [6.07, 6.45) is 1.70. The lowest BCUT2D eigenvalue weighted by Crippen LogP contribution is -2.26. The third-order valence-electron chi connectivity index (χ3n) is 4.84. The van der Waals surface area contributed by atoms with Gasteiger partial charge in [-0.05, 0) is 64.1 Å². The van der Waals surface area contributed by atoms with Crippen LogP contribution in [0.5, 0.6) is 0 Å². The molecule has 0 atom stereocenters. The summed E-state index contributed by atoms with van der Waals surface area (Å²) in [4.78, 5) is 5.43. The SMILES string of the molecule is CC(C)N(c1ccccc1)c1cc(N(c2ccccc2)C(C)C)c(C=C(C#N)C#N)s1. The maximum Gasteiger partial charge on any atom is 0.131 e. The van der Waals surface area contributed by atoms with Crippen LogP contribution in [0.1, 0.15) is 32.6 Å². The fraction of sp³-hybridized carbons (Fsp3) is 0.231. The minimum absolute atomic E-state index is 0.0993. The summed E-state index contributed by atoms with van der Waals surface area (Å²) in [5, 5.41) is 19.8. The van der Waals surface area contributed by atoms with Gasteiger partial charge in [0.25, 0.3) is 0 Å². The smallest absolute Gasteiger partial charge is 0.131 e. The van der Waals surface area contributed by atoms with Crippen LogP contribution in [0.25, 0.3) is 6.08 Å². The molecule has 0 bridgehead atoms. The topological polar surface area (TPSA) is 54.1 Å². The van der Waals surface area contributed by atoms with E-state index in [4.69, 9.17) is 0 Å². The van der Waals surface area contributed by atoms with Crippen molar-refractivity contribution in [2.45, 2.75) is 39.8 Å². The van der Waals surface area contributed by atoms with Crippen molar-refractivity contribution < 1.29 is 0 Å². The van der Waals surface area contributed by atoms with E-state index < -0.39 is 0 Å². The molecule has 1 heterocycles. The van der Waals surface area contributed by atoms with Crippen molar-refractivity contribution >= 4 is 39.5 Å². The van der Waals surface area contributed by atoms with E-state index in [-0.39, 0.29) is 17.7 Å². The molecule has 156 valence electrons. The monoisotopic (exact) mass is 426 g/mol. The molecule has 0 unspecified atom stereocenters. The fourth-order valence-electron chi connectivity index (χ4n) is 3.59. The number of thiophene rings is 1. The van der Waals surface area contributed by atoms with E-state index >= 15 is 0 Å². The van der Waals surface area contributed by atoms with Crippen LogP contribution in [-0.4, -0.2) is 12.1 Å². The van der Waals surface area contributed by atoms with Gasteiger partial charge in [0.15, 0.2) is 0 Å². The van der Waals surface area contributed by atoms with Gasteiger partial charge in [-0.3, -0.25) is 0 Å². The van der Waals surface area contributed by atoms with Crippen LogP contribution < -0.4 is 9.80 Å². The summed E-state index contributed by atoms with van der Waals surface area (Å²) < 4.78 is 0. The predicted octanol–water partition coefficient (Wildman–Crippen LogP) is 7.27. The molecule has 31 heavy (non-hydrogen) atoms. The number of allylic oxidation sites excluding steroid dienone is 1. The van der Waals surface area contributed by atoms with E-state index in [9.17, 15) is 10.5 Å². The van der Waals surface area contributed by atoms with Crippen molar-refractivity contribution in [3.63, 3.8) is 0 Å². The second-order valence-electron chi connectivity index (χ2n) is 7.71. The molecule has 0 aliphatic carbocycles. The zero-order chi connectivity index (χ0) is 22.4. The van der Waals surface area contributed by atoms with Gasteiger partial charge in [0.2, 0.25) is 0 Å². The normalized spacial score (nSPS) is 10.5. The summed E-state index contributed by atoms with van der Waals surface area (Å²) in [6.45, 7) is 8.61. The van der Waals surface area contributed by atoms with Crippen molar-refractivity contribution in [1.29, 1.82) is 10.5 Å². The van der Waals surface area contributed by atoms with Crippen molar-refractivity contribution in [2.75, 3.05) is 9.80 Å². The van der Waals surface area contributed by atoms with Crippen LogP contribution in [0.2, 0.25) is 0 Å². The summed E-state index contributed by atoms with van der Waals surface area (Å²) in [6, 6.07) is 27.1. The van der Waals surface area contributed by atoms with Gasteiger partial charge in [-0.15, -0.1) is 11.3 Å². The predicted molar refractivity (Wildman–Crippen MR) is 131 cm³/mol. The standard InChI is InChI=1S/C26H26N4S/c1-19(2)29(22-11-7-5-8-12-22)24-16-26(31-25(24)15-21(17-27)18-28)30(20(3)4)23-13-9-6-10-14-23/h5-16,19-20H,1-4H3. The zero-order valence-corrected chi connectivity index (χ0v) is 19.1. The molecule has 3 aromatic rings. The molecule has 0 saturated heterocycles. The first-order valence-electron chi connectivity index (χ1n) is 10.3. The minimum atomic E-state index is 0.0993. The Morgan fingerprint density at radius 2 is 1.29 bits per heavy atom. The Labute approximate surface area is 188 Å². The number of nitriles is 2. The molecule has 2 aromatic carbocycles. The fourth-order valence-corrected chi connectivity index (χ4v) is 4.84. The lowest BCUT2D eigenvalue weighted by molar-refractivity contribution is 0.785. The number of rotatable bonds is 7. The minimum Gasteiger partial charge on any atom is -0.338 e. The second-order valence-corrected chi connectivity index (χ2v) is 8.78. The lowest BCUT2D eigenvalue weighted by Gasteiger charge is -2.29. The average molecular weight is 427 g/mol. The molecule has 5 heteroatoms. The third kappa shape index (κ3) is 4.97. The molecule has 0 aliphatic rings. The Morgan fingerprint density at radius 3 is 1.74 bits per heavy atom. The van der Waals surface area contributed by atoms with Gasteiger partial charge in [0.05, 0.1) is 15.6 Å². The highest BCUT2D eigenvalue weighted by Crippen LogP contribution is 2.44. The molecule has 0 saturated carbocycles. The lowest BCUT2D eigenvalue weighted by atomic mass is 10.1. The average Bonchev–Trinajstić information content (AvgIpc) is 3.15. The van der Waals surface area contributed by atoms with Crippen LogP contribution in [0.4, 0.5) is 22.1 Å². The van der Waals surface area contributed by atoms with Gasteiger partial charge >= 0.3 is 0 Å². The molecule has 0 spiro atoms. The second kappa shape index (κ2) is 9.98. The van der Waals surface area contributed by atoms with Gasteiger partial charge in [-0.25, -0.2) is 0 Å². The molecule has 0 radical (unpaired) electrons. The largest absolute Gasteiger partial charge is 0.338 e. The quantitative estimate of drug-likeness (QED) is 0.373. The maximum absolute atomic E-state index is 9.37. The van der Waals surface area contributed by atoms with E-state index in [0.717, 1.165) is 26.9 Å². The highest BCUT2D eigenvalue weighted by Gasteiger charge is 2.23. The maximum atomic E-state index is 9.37. The molecular formula is C26H26N4S. The molecule has 0 aliphatic heterocycles. The number of benzene rings is 2. The zero-order valence-electron chi connectivity index (χ0n) is 18.3. The first-order valence-corrected chi connectivity index (χ1v) is 11.1. The summed E-state index contributed by atoms with van der Waals surface area (Å²) in [7, 11) is 0.